The van der Waals surface area contributed by atoms with Crippen LogP contribution in [0.5, 0.6) is 11.5 Å². The van der Waals surface area contributed by atoms with Crippen molar-refractivity contribution >= 4 is 23.1 Å². The average molecular weight is 462 g/mol. The van der Waals surface area contributed by atoms with E-state index < -0.39 is 11.7 Å². The van der Waals surface area contributed by atoms with Crippen molar-refractivity contribution in [2.75, 3.05) is 26.1 Å². The van der Waals surface area contributed by atoms with Crippen molar-refractivity contribution in [1.82, 2.24) is 4.90 Å². The number of ether oxygens (including phenoxy) is 2. The smallest absolute Gasteiger partial charge is 0.416 e. The first-order chi connectivity index (χ1) is 15.3. The molecule has 1 aromatic heterocycles. The minimum Gasteiger partial charge on any atom is -0.493 e. The van der Waals surface area contributed by atoms with Gasteiger partial charge >= 0.3 is 12.2 Å². The summed E-state index contributed by atoms with van der Waals surface area (Å²) in [7, 11) is 3.13. The van der Waals surface area contributed by atoms with E-state index in [0.717, 1.165) is 28.1 Å². The van der Waals surface area contributed by atoms with Crippen molar-refractivity contribution in [2.45, 2.75) is 18.6 Å². The monoisotopic (exact) mass is 462 g/mol. The summed E-state index contributed by atoms with van der Waals surface area (Å²) >= 11 is 1.53. The lowest BCUT2D eigenvalue weighted by molar-refractivity contribution is -0.137. The number of amides is 2. The molecule has 1 atom stereocenters. The van der Waals surface area contributed by atoms with Crippen LogP contribution in [0.1, 0.15) is 27.6 Å². The Bertz CT molecular complexity index is 1100. The summed E-state index contributed by atoms with van der Waals surface area (Å²) in [5, 5.41) is 4.67. The summed E-state index contributed by atoms with van der Waals surface area (Å²) in [5.74, 6) is 1.19. The van der Waals surface area contributed by atoms with Gasteiger partial charge in [0.2, 0.25) is 0 Å². The Morgan fingerprint density at radius 3 is 2.38 bits per heavy atom. The molecule has 1 aliphatic rings. The standard InChI is InChI=1S/C23H21F3N2O3S/c1-30-18-12-14-9-10-28(21(20-4-3-11-32-20)17(14)13-19(18)31-2)22(29)27-16-7-5-15(6-8-16)23(24,25)26/h3-8,11-13,21H,9-10H2,1-2H3,(H,27,29). The molecule has 32 heavy (non-hydrogen) atoms. The van der Waals surface area contributed by atoms with Gasteiger partial charge in [-0.2, -0.15) is 13.2 Å². The molecule has 2 amide bonds. The molecule has 4 rings (SSSR count). The third kappa shape index (κ3) is 4.25. The van der Waals surface area contributed by atoms with Crippen molar-refractivity contribution in [1.29, 1.82) is 0 Å². The molecular formula is C23H21F3N2O3S. The summed E-state index contributed by atoms with van der Waals surface area (Å²) in [6, 6.07) is 11.4. The van der Waals surface area contributed by atoms with Gasteiger partial charge in [0.1, 0.15) is 0 Å². The molecule has 0 fully saturated rings. The van der Waals surface area contributed by atoms with Crippen LogP contribution in [0.15, 0.2) is 53.9 Å². The van der Waals surface area contributed by atoms with Gasteiger partial charge in [0, 0.05) is 17.1 Å². The Hall–Kier alpha value is -3.20. The second-order valence-corrected chi connectivity index (χ2v) is 8.25. The zero-order valence-electron chi connectivity index (χ0n) is 17.4. The molecule has 2 aromatic carbocycles. The molecule has 0 bridgehead atoms. The van der Waals surface area contributed by atoms with E-state index >= 15 is 0 Å². The second-order valence-electron chi connectivity index (χ2n) is 7.27. The Labute approximate surface area is 187 Å². The summed E-state index contributed by atoms with van der Waals surface area (Å²) in [5.41, 5.74) is 1.52. The number of nitrogens with zero attached hydrogens (tertiary/aromatic N) is 1. The first kappa shape index (κ1) is 22.0. The Morgan fingerprint density at radius 2 is 1.78 bits per heavy atom. The maximum Gasteiger partial charge on any atom is 0.416 e. The van der Waals surface area contributed by atoms with Gasteiger partial charge in [-0.1, -0.05) is 6.07 Å². The highest BCUT2D eigenvalue weighted by Gasteiger charge is 2.34. The first-order valence-electron chi connectivity index (χ1n) is 9.85. The number of rotatable bonds is 4. The maximum absolute atomic E-state index is 13.2. The van der Waals surface area contributed by atoms with Crippen molar-refractivity contribution in [3.05, 3.63) is 75.5 Å². The Balaban J connectivity index is 1.66. The van der Waals surface area contributed by atoms with Crippen LogP contribution in [-0.2, 0) is 12.6 Å². The fourth-order valence-electron chi connectivity index (χ4n) is 3.86. The number of hydrogen-bond acceptors (Lipinski definition) is 4. The number of hydrogen-bond donors (Lipinski definition) is 1. The summed E-state index contributed by atoms with van der Waals surface area (Å²) in [6.45, 7) is 0.442. The van der Waals surface area contributed by atoms with Crippen LogP contribution < -0.4 is 14.8 Å². The van der Waals surface area contributed by atoms with E-state index in [-0.39, 0.29) is 12.1 Å². The molecule has 9 heteroatoms. The summed E-state index contributed by atoms with van der Waals surface area (Å²) in [6.07, 6.45) is -3.82. The van der Waals surface area contributed by atoms with Crippen LogP contribution in [0.4, 0.5) is 23.7 Å². The van der Waals surface area contributed by atoms with Crippen LogP contribution >= 0.6 is 11.3 Å². The molecule has 0 aliphatic carbocycles. The van der Waals surface area contributed by atoms with Gasteiger partial charge in [0.15, 0.2) is 11.5 Å². The van der Waals surface area contributed by atoms with Crippen LogP contribution in [0, 0.1) is 0 Å². The number of carbonyl (C=O) groups excluding carboxylic acids is 1. The van der Waals surface area contributed by atoms with Crippen LogP contribution in [-0.4, -0.2) is 31.7 Å². The predicted molar refractivity (Wildman–Crippen MR) is 117 cm³/mol. The van der Waals surface area contributed by atoms with E-state index in [0.29, 0.717) is 30.2 Å². The third-order valence-electron chi connectivity index (χ3n) is 5.41. The number of anilines is 1. The molecule has 1 N–H and O–H groups in total. The van der Waals surface area contributed by atoms with Gasteiger partial charge in [-0.25, -0.2) is 4.79 Å². The molecule has 3 aromatic rings. The Morgan fingerprint density at radius 1 is 1.09 bits per heavy atom. The van der Waals surface area contributed by atoms with E-state index in [1.807, 2.05) is 29.6 Å². The number of benzene rings is 2. The zero-order valence-corrected chi connectivity index (χ0v) is 18.2. The SMILES string of the molecule is COc1cc2c(cc1OC)C(c1cccs1)N(C(=O)Nc1ccc(C(F)(F)F)cc1)CC2. The average Bonchev–Trinajstić information content (AvgIpc) is 3.31. The lowest BCUT2D eigenvalue weighted by Crippen LogP contribution is -2.42. The quantitative estimate of drug-likeness (QED) is 0.520. The first-order valence-corrected chi connectivity index (χ1v) is 10.7. The second kappa shape index (κ2) is 8.74. The maximum atomic E-state index is 13.2. The van der Waals surface area contributed by atoms with Gasteiger partial charge in [-0.05, 0) is 65.4 Å². The summed E-state index contributed by atoms with van der Waals surface area (Å²) < 4.78 is 49.4. The third-order valence-corrected chi connectivity index (χ3v) is 6.34. The number of halogens is 3. The van der Waals surface area contributed by atoms with Crippen molar-refractivity contribution in [3.8, 4) is 11.5 Å². The predicted octanol–water partition coefficient (Wildman–Crippen LogP) is 5.96. The fraction of sp³-hybridized carbons (Fsp3) is 0.261. The van der Waals surface area contributed by atoms with Crippen molar-refractivity contribution in [2.24, 2.45) is 0 Å². The molecule has 0 radical (unpaired) electrons. The lowest BCUT2D eigenvalue weighted by Gasteiger charge is -2.37. The number of thiophene rings is 1. The highest BCUT2D eigenvalue weighted by atomic mass is 32.1. The molecule has 5 nitrogen and oxygen atoms in total. The van der Waals surface area contributed by atoms with Gasteiger partial charge in [-0.3, -0.25) is 0 Å². The topological polar surface area (TPSA) is 50.8 Å². The van der Waals surface area contributed by atoms with Gasteiger partial charge in [-0.15, -0.1) is 11.3 Å². The zero-order chi connectivity index (χ0) is 22.9. The van der Waals surface area contributed by atoms with Crippen molar-refractivity contribution in [3.63, 3.8) is 0 Å². The molecule has 1 unspecified atom stereocenters. The highest BCUT2D eigenvalue weighted by molar-refractivity contribution is 7.10. The molecule has 0 spiro atoms. The number of fused-ring (bicyclic) bond motifs is 1. The van der Waals surface area contributed by atoms with E-state index in [1.54, 1.807) is 19.1 Å². The van der Waals surface area contributed by atoms with Crippen LogP contribution in [0.25, 0.3) is 0 Å². The van der Waals surface area contributed by atoms with Crippen molar-refractivity contribution < 1.29 is 27.4 Å². The minimum absolute atomic E-state index is 0.297. The highest BCUT2D eigenvalue weighted by Crippen LogP contribution is 2.42. The van der Waals surface area contributed by atoms with E-state index in [4.69, 9.17) is 9.47 Å². The van der Waals surface area contributed by atoms with Gasteiger partial charge < -0.3 is 19.7 Å². The molecule has 0 saturated heterocycles. The molecule has 0 saturated carbocycles. The number of nitrogens with one attached hydrogen (secondary N) is 1. The lowest BCUT2D eigenvalue weighted by atomic mass is 9.91. The van der Waals surface area contributed by atoms with E-state index in [2.05, 4.69) is 5.32 Å². The number of methoxy groups -OCH3 is 2. The number of alkyl halides is 3. The molecular weight excluding hydrogens is 441 g/mol. The molecule has 1 aliphatic heterocycles. The fourth-order valence-corrected chi connectivity index (χ4v) is 4.71. The minimum atomic E-state index is -4.43. The largest absolute Gasteiger partial charge is 0.493 e. The molecule has 2 heterocycles. The van der Waals surface area contributed by atoms with Crippen LogP contribution in [0.2, 0.25) is 0 Å². The van der Waals surface area contributed by atoms with Gasteiger partial charge in [0.25, 0.3) is 0 Å². The molecule has 168 valence electrons. The number of carbonyl (C=O) groups is 1. The van der Waals surface area contributed by atoms with E-state index in [1.165, 1.54) is 23.5 Å². The number of urea groups is 1. The van der Waals surface area contributed by atoms with Gasteiger partial charge in [0.05, 0.1) is 25.8 Å². The van der Waals surface area contributed by atoms with E-state index in [9.17, 15) is 18.0 Å². The summed E-state index contributed by atoms with van der Waals surface area (Å²) in [4.78, 5) is 15.8. The normalized spacial score (nSPS) is 15.8. The Kier molecular flexibility index (Phi) is 6.01. The van der Waals surface area contributed by atoms with Crippen LogP contribution in [0.3, 0.4) is 0 Å².